The molecule has 0 aromatic carbocycles. The molecule has 1 heterocycles. The van der Waals surface area contributed by atoms with E-state index in [0.717, 1.165) is 38.6 Å². The third-order valence-electron chi connectivity index (χ3n) is 4.14. The number of hydrogen-bond acceptors (Lipinski definition) is 6. The van der Waals surface area contributed by atoms with Crippen molar-refractivity contribution in [2.45, 2.75) is 26.2 Å². The zero-order valence-electron chi connectivity index (χ0n) is 13.6. The Morgan fingerprint density at radius 1 is 1.09 bits per heavy atom. The topological polar surface area (TPSA) is 59.1 Å². The summed E-state index contributed by atoms with van der Waals surface area (Å²) in [6, 6.07) is 0. The molecule has 0 aromatic rings. The van der Waals surface area contributed by atoms with Gasteiger partial charge in [0.15, 0.2) is 5.78 Å². The maximum absolute atomic E-state index is 11.5. The number of nitrogens with zero attached hydrogens (tertiary/aromatic N) is 2. The second-order valence-electron chi connectivity index (χ2n) is 6.16. The highest BCUT2D eigenvalue weighted by atomic mass is 16.5. The van der Waals surface area contributed by atoms with Crippen LogP contribution in [0.4, 0.5) is 0 Å². The molecular formula is C16H28N2O4. The normalized spacial score (nSPS) is 20.0. The van der Waals surface area contributed by atoms with Crippen LogP contribution in [0.1, 0.15) is 26.2 Å². The smallest absolute Gasteiger partial charge is 0.313 e. The van der Waals surface area contributed by atoms with Crippen molar-refractivity contribution in [2.75, 3.05) is 59.1 Å². The summed E-state index contributed by atoms with van der Waals surface area (Å²) in [6.07, 6.45) is 2.63. The van der Waals surface area contributed by atoms with E-state index in [4.69, 9.17) is 9.47 Å². The van der Waals surface area contributed by atoms with Gasteiger partial charge in [-0.3, -0.25) is 14.5 Å². The minimum Gasteiger partial charge on any atom is -0.466 e. The van der Waals surface area contributed by atoms with Crippen LogP contribution >= 0.6 is 0 Å². The lowest BCUT2D eigenvalue weighted by atomic mass is 10.3. The van der Waals surface area contributed by atoms with Crippen LogP contribution < -0.4 is 0 Å². The summed E-state index contributed by atoms with van der Waals surface area (Å²) in [5.41, 5.74) is 0. The first-order valence-corrected chi connectivity index (χ1v) is 8.37. The highest BCUT2D eigenvalue weighted by Gasteiger charge is 2.26. The van der Waals surface area contributed by atoms with Gasteiger partial charge in [0.05, 0.1) is 13.2 Å². The summed E-state index contributed by atoms with van der Waals surface area (Å²) >= 11 is 0. The highest BCUT2D eigenvalue weighted by molar-refractivity contribution is 5.96. The molecule has 22 heavy (non-hydrogen) atoms. The molecule has 0 amide bonds. The number of carbonyl (C=O) groups is 2. The van der Waals surface area contributed by atoms with Crippen LogP contribution in [0.25, 0.3) is 0 Å². The van der Waals surface area contributed by atoms with E-state index in [1.54, 1.807) is 6.92 Å². The maximum atomic E-state index is 11.5. The molecule has 0 aromatic heterocycles. The van der Waals surface area contributed by atoms with E-state index in [0.29, 0.717) is 13.2 Å². The third kappa shape index (κ3) is 6.85. The Morgan fingerprint density at radius 2 is 1.77 bits per heavy atom. The number of piperazine rings is 1. The molecule has 1 saturated carbocycles. The van der Waals surface area contributed by atoms with Gasteiger partial charge in [-0.1, -0.05) is 0 Å². The van der Waals surface area contributed by atoms with Gasteiger partial charge in [-0.05, 0) is 25.7 Å². The third-order valence-corrected chi connectivity index (χ3v) is 4.14. The van der Waals surface area contributed by atoms with Crippen LogP contribution in [0, 0.1) is 5.92 Å². The van der Waals surface area contributed by atoms with Gasteiger partial charge in [0, 0.05) is 39.3 Å². The average molecular weight is 312 g/mol. The van der Waals surface area contributed by atoms with Crippen LogP contribution in [-0.4, -0.2) is 80.6 Å². The number of ether oxygens (including phenoxy) is 2. The van der Waals surface area contributed by atoms with Crippen LogP contribution in [0.3, 0.4) is 0 Å². The maximum Gasteiger partial charge on any atom is 0.313 e. The van der Waals surface area contributed by atoms with E-state index in [1.807, 2.05) is 0 Å². The molecular weight excluding hydrogens is 284 g/mol. The molecule has 0 unspecified atom stereocenters. The molecule has 1 aliphatic heterocycles. The lowest BCUT2D eigenvalue weighted by molar-refractivity contribution is -0.146. The molecule has 0 bridgehead atoms. The number of esters is 1. The number of ketones is 1. The molecule has 6 nitrogen and oxygen atoms in total. The van der Waals surface area contributed by atoms with Crippen LogP contribution in [0.15, 0.2) is 0 Å². The monoisotopic (exact) mass is 312 g/mol. The molecule has 126 valence electrons. The van der Waals surface area contributed by atoms with Crippen molar-refractivity contribution in [3.63, 3.8) is 0 Å². The number of carbonyl (C=O) groups excluding carboxylic acids is 2. The molecule has 1 aliphatic carbocycles. The first kappa shape index (κ1) is 17.4. The van der Waals surface area contributed by atoms with Crippen molar-refractivity contribution >= 4 is 11.8 Å². The Morgan fingerprint density at radius 3 is 2.41 bits per heavy atom. The number of rotatable bonds is 10. The quantitative estimate of drug-likeness (QED) is 0.334. The summed E-state index contributed by atoms with van der Waals surface area (Å²) in [5, 5.41) is 0. The van der Waals surface area contributed by atoms with Gasteiger partial charge < -0.3 is 14.4 Å². The summed E-state index contributed by atoms with van der Waals surface area (Å²) in [5.74, 6) is 0.274. The Balaban J connectivity index is 1.46. The van der Waals surface area contributed by atoms with Gasteiger partial charge in [0.1, 0.15) is 13.0 Å². The van der Waals surface area contributed by atoms with Gasteiger partial charge >= 0.3 is 5.97 Å². The van der Waals surface area contributed by atoms with Gasteiger partial charge in [-0.25, -0.2) is 0 Å². The second-order valence-corrected chi connectivity index (χ2v) is 6.16. The molecule has 0 radical (unpaired) electrons. The van der Waals surface area contributed by atoms with Crippen molar-refractivity contribution in [1.29, 1.82) is 0 Å². The van der Waals surface area contributed by atoms with Gasteiger partial charge in [-0.2, -0.15) is 0 Å². The van der Waals surface area contributed by atoms with Gasteiger partial charge in [0.25, 0.3) is 0 Å². The Bertz CT molecular complexity index is 363. The zero-order valence-corrected chi connectivity index (χ0v) is 13.6. The first-order valence-electron chi connectivity index (χ1n) is 8.37. The van der Waals surface area contributed by atoms with E-state index >= 15 is 0 Å². The summed E-state index contributed by atoms with van der Waals surface area (Å²) in [7, 11) is 0. The van der Waals surface area contributed by atoms with Gasteiger partial charge in [-0.15, -0.1) is 0 Å². The summed E-state index contributed by atoms with van der Waals surface area (Å²) < 4.78 is 10.1. The van der Waals surface area contributed by atoms with Crippen molar-refractivity contribution in [1.82, 2.24) is 9.80 Å². The molecule has 2 rings (SSSR count). The largest absolute Gasteiger partial charge is 0.466 e. The highest BCUT2D eigenvalue weighted by Crippen LogP contribution is 2.29. The molecule has 2 aliphatic rings. The van der Waals surface area contributed by atoms with Crippen LogP contribution in [-0.2, 0) is 19.1 Å². The summed E-state index contributed by atoms with van der Waals surface area (Å²) in [6.45, 7) is 9.12. The van der Waals surface area contributed by atoms with Crippen LogP contribution in [0.5, 0.6) is 0 Å². The van der Waals surface area contributed by atoms with Crippen molar-refractivity contribution in [3.8, 4) is 0 Å². The number of Topliss-reactive ketones (excluding diaryl/α,β-unsaturated/α-hetero) is 1. The Kier molecular flexibility index (Phi) is 7.29. The fourth-order valence-corrected chi connectivity index (χ4v) is 2.66. The molecule has 6 heteroatoms. The van der Waals surface area contributed by atoms with E-state index in [9.17, 15) is 9.59 Å². The lowest BCUT2D eigenvalue weighted by Gasteiger charge is -2.34. The lowest BCUT2D eigenvalue weighted by Crippen LogP contribution is -2.47. The van der Waals surface area contributed by atoms with E-state index in [-0.39, 0.29) is 18.8 Å². The zero-order chi connectivity index (χ0) is 15.8. The fourth-order valence-electron chi connectivity index (χ4n) is 2.66. The number of hydrogen-bond donors (Lipinski definition) is 0. The van der Waals surface area contributed by atoms with Crippen molar-refractivity contribution < 1.29 is 19.1 Å². The second kappa shape index (κ2) is 9.22. The molecule has 2 fully saturated rings. The molecule has 0 spiro atoms. The van der Waals surface area contributed by atoms with Crippen LogP contribution in [0.2, 0.25) is 0 Å². The Hall–Kier alpha value is -0.980. The van der Waals surface area contributed by atoms with E-state index in [1.165, 1.54) is 19.4 Å². The molecule has 0 N–H and O–H groups in total. The summed E-state index contributed by atoms with van der Waals surface area (Å²) in [4.78, 5) is 27.5. The minimum absolute atomic E-state index is 0.000456. The van der Waals surface area contributed by atoms with Crippen molar-refractivity contribution in [2.24, 2.45) is 5.92 Å². The fraction of sp³-hybridized carbons (Fsp3) is 0.875. The Labute approximate surface area is 132 Å². The molecule has 0 atom stereocenters. The SMILES string of the molecule is CCOC(=O)CC(=O)COCCN1CCN(CC2CC2)CC1. The predicted molar refractivity (Wildman–Crippen MR) is 82.7 cm³/mol. The van der Waals surface area contributed by atoms with Gasteiger partial charge in [0.2, 0.25) is 0 Å². The van der Waals surface area contributed by atoms with E-state index < -0.39 is 5.97 Å². The minimum atomic E-state index is -0.470. The molecule has 1 saturated heterocycles. The first-order chi connectivity index (χ1) is 10.7. The standard InChI is InChI=1S/C16H28N2O4/c1-2-22-16(20)11-15(19)13-21-10-9-17-5-7-18(8-6-17)12-14-3-4-14/h14H,2-13H2,1H3. The van der Waals surface area contributed by atoms with Crippen molar-refractivity contribution in [3.05, 3.63) is 0 Å². The van der Waals surface area contributed by atoms with E-state index in [2.05, 4.69) is 9.80 Å². The average Bonchev–Trinajstić information content (AvgIpc) is 3.29. The predicted octanol–water partition coefficient (Wildman–Crippen LogP) is 0.553.